The van der Waals surface area contributed by atoms with Crippen molar-refractivity contribution < 1.29 is 23.8 Å². The third kappa shape index (κ3) is 4.70. The van der Waals surface area contributed by atoms with Crippen LogP contribution in [0.15, 0.2) is 18.2 Å². The largest absolute Gasteiger partial charge is 0.497 e. The van der Waals surface area contributed by atoms with Crippen LogP contribution in [-0.2, 0) is 20.9 Å². The number of rotatable bonds is 6. The molecule has 1 unspecified atom stereocenters. The van der Waals surface area contributed by atoms with E-state index in [0.717, 1.165) is 5.56 Å². The summed E-state index contributed by atoms with van der Waals surface area (Å²) in [5, 5.41) is 2.88. The van der Waals surface area contributed by atoms with E-state index in [1.165, 1.54) is 0 Å². The predicted octanol–water partition coefficient (Wildman–Crippen LogP) is 0.253. The highest BCUT2D eigenvalue weighted by Crippen LogP contribution is 2.27. The SMILES string of the molecule is COc1ccc(CN2CCNC(=O)C2CC(=O)N2CCOCC2)c(OC)c1. The molecule has 0 spiro atoms. The fourth-order valence-electron chi connectivity index (χ4n) is 3.48. The van der Waals surface area contributed by atoms with Crippen LogP contribution in [0.4, 0.5) is 0 Å². The zero-order valence-corrected chi connectivity index (χ0v) is 15.9. The van der Waals surface area contributed by atoms with Crippen molar-refractivity contribution in [3.8, 4) is 11.5 Å². The van der Waals surface area contributed by atoms with Gasteiger partial charge in [-0.1, -0.05) is 6.07 Å². The van der Waals surface area contributed by atoms with Gasteiger partial charge in [-0.25, -0.2) is 0 Å². The van der Waals surface area contributed by atoms with Gasteiger partial charge in [-0.3, -0.25) is 14.5 Å². The molecule has 2 fully saturated rings. The fourth-order valence-corrected chi connectivity index (χ4v) is 3.48. The van der Waals surface area contributed by atoms with Crippen molar-refractivity contribution in [3.63, 3.8) is 0 Å². The Bertz CT molecular complexity index is 675. The van der Waals surface area contributed by atoms with E-state index in [1.807, 2.05) is 23.1 Å². The Morgan fingerprint density at radius 3 is 2.70 bits per heavy atom. The number of hydrogen-bond acceptors (Lipinski definition) is 6. The lowest BCUT2D eigenvalue weighted by Gasteiger charge is -2.36. The third-order valence-electron chi connectivity index (χ3n) is 5.04. The molecule has 1 N–H and O–H groups in total. The van der Waals surface area contributed by atoms with Crippen LogP contribution in [0, 0.1) is 0 Å². The first kappa shape index (κ1) is 19.4. The lowest BCUT2D eigenvalue weighted by Crippen LogP contribution is -2.56. The van der Waals surface area contributed by atoms with Gasteiger partial charge in [-0.2, -0.15) is 0 Å². The van der Waals surface area contributed by atoms with E-state index >= 15 is 0 Å². The molecule has 0 bridgehead atoms. The van der Waals surface area contributed by atoms with E-state index in [2.05, 4.69) is 5.32 Å². The molecule has 27 heavy (non-hydrogen) atoms. The van der Waals surface area contributed by atoms with E-state index in [4.69, 9.17) is 14.2 Å². The van der Waals surface area contributed by atoms with E-state index < -0.39 is 6.04 Å². The van der Waals surface area contributed by atoms with Crippen LogP contribution in [-0.4, -0.2) is 81.3 Å². The number of amides is 2. The number of carbonyl (C=O) groups excluding carboxylic acids is 2. The number of hydrogen-bond donors (Lipinski definition) is 1. The summed E-state index contributed by atoms with van der Waals surface area (Å²) in [5.41, 5.74) is 0.955. The Kier molecular flexibility index (Phi) is 6.52. The molecule has 1 aromatic rings. The highest BCUT2D eigenvalue weighted by molar-refractivity contribution is 5.88. The number of nitrogens with zero attached hydrogens (tertiary/aromatic N) is 2. The maximum absolute atomic E-state index is 12.6. The summed E-state index contributed by atoms with van der Waals surface area (Å²) < 4.78 is 16.0. The average Bonchev–Trinajstić information content (AvgIpc) is 2.71. The molecule has 3 rings (SSSR count). The quantitative estimate of drug-likeness (QED) is 0.766. The summed E-state index contributed by atoms with van der Waals surface area (Å²) in [6.45, 7) is 4.05. The summed E-state index contributed by atoms with van der Waals surface area (Å²) >= 11 is 0. The normalized spacial score (nSPS) is 20.9. The minimum Gasteiger partial charge on any atom is -0.497 e. The van der Waals surface area contributed by atoms with Crippen molar-refractivity contribution in [2.75, 3.05) is 53.6 Å². The van der Waals surface area contributed by atoms with Crippen molar-refractivity contribution in [3.05, 3.63) is 23.8 Å². The van der Waals surface area contributed by atoms with Crippen molar-refractivity contribution in [1.82, 2.24) is 15.1 Å². The second-order valence-corrected chi connectivity index (χ2v) is 6.65. The molecule has 0 saturated carbocycles. The van der Waals surface area contributed by atoms with Crippen molar-refractivity contribution in [2.45, 2.75) is 19.0 Å². The molecule has 0 aliphatic carbocycles. The lowest BCUT2D eigenvalue weighted by atomic mass is 10.1. The molecule has 2 saturated heterocycles. The van der Waals surface area contributed by atoms with Gasteiger partial charge in [0.1, 0.15) is 11.5 Å². The Labute approximate surface area is 159 Å². The van der Waals surface area contributed by atoms with Crippen LogP contribution in [0.3, 0.4) is 0 Å². The summed E-state index contributed by atoms with van der Waals surface area (Å²) in [4.78, 5) is 28.9. The van der Waals surface area contributed by atoms with Crippen LogP contribution in [0.5, 0.6) is 11.5 Å². The van der Waals surface area contributed by atoms with Gasteiger partial charge in [-0.15, -0.1) is 0 Å². The predicted molar refractivity (Wildman–Crippen MR) is 98.8 cm³/mol. The van der Waals surface area contributed by atoms with Gasteiger partial charge in [0.25, 0.3) is 0 Å². The molecule has 8 nitrogen and oxygen atoms in total. The van der Waals surface area contributed by atoms with Crippen LogP contribution >= 0.6 is 0 Å². The zero-order valence-electron chi connectivity index (χ0n) is 15.9. The molecule has 8 heteroatoms. The van der Waals surface area contributed by atoms with Gasteiger partial charge in [0.2, 0.25) is 11.8 Å². The van der Waals surface area contributed by atoms with E-state index in [9.17, 15) is 9.59 Å². The minimum atomic E-state index is -0.485. The van der Waals surface area contributed by atoms with Crippen LogP contribution in [0.1, 0.15) is 12.0 Å². The third-order valence-corrected chi connectivity index (χ3v) is 5.04. The van der Waals surface area contributed by atoms with Crippen LogP contribution in [0.25, 0.3) is 0 Å². The second-order valence-electron chi connectivity index (χ2n) is 6.65. The summed E-state index contributed by atoms with van der Waals surface area (Å²) in [6, 6.07) is 5.15. The van der Waals surface area contributed by atoms with Crippen molar-refractivity contribution >= 4 is 11.8 Å². The molecule has 0 radical (unpaired) electrons. The highest BCUT2D eigenvalue weighted by Gasteiger charge is 2.33. The molecule has 2 heterocycles. The number of ether oxygens (including phenoxy) is 3. The molecule has 0 aromatic heterocycles. The minimum absolute atomic E-state index is 0.00736. The van der Waals surface area contributed by atoms with Gasteiger partial charge in [0, 0.05) is 44.4 Å². The van der Waals surface area contributed by atoms with Crippen molar-refractivity contribution in [1.29, 1.82) is 0 Å². The Morgan fingerprint density at radius 2 is 2.00 bits per heavy atom. The summed E-state index contributed by atoms with van der Waals surface area (Å²) in [7, 11) is 3.22. The molecule has 2 aliphatic heterocycles. The fraction of sp³-hybridized carbons (Fsp3) is 0.579. The molecule has 1 aromatic carbocycles. The maximum atomic E-state index is 12.6. The number of benzene rings is 1. The van der Waals surface area contributed by atoms with Gasteiger partial charge in [-0.05, 0) is 6.07 Å². The molecule has 148 valence electrons. The average molecular weight is 377 g/mol. The first-order valence-corrected chi connectivity index (χ1v) is 9.20. The molecular weight excluding hydrogens is 350 g/mol. The maximum Gasteiger partial charge on any atom is 0.237 e. The molecular formula is C19H27N3O5. The molecule has 1 atom stereocenters. The summed E-state index contributed by atoms with van der Waals surface area (Å²) in [6.07, 6.45) is 0.171. The highest BCUT2D eigenvalue weighted by atomic mass is 16.5. The first-order valence-electron chi connectivity index (χ1n) is 9.20. The smallest absolute Gasteiger partial charge is 0.237 e. The van der Waals surface area contributed by atoms with Gasteiger partial charge in [0.15, 0.2) is 0 Å². The van der Waals surface area contributed by atoms with E-state index in [-0.39, 0.29) is 18.2 Å². The standard InChI is InChI=1S/C19H27N3O5/c1-25-15-4-3-14(17(11-15)26-2)13-22-6-5-20-19(24)16(22)12-18(23)21-7-9-27-10-8-21/h3-4,11,16H,5-10,12-13H2,1-2H3,(H,20,24). The van der Waals surface area contributed by atoms with Gasteiger partial charge < -0.3 is 24.4 Å². The number of piperazine rings is 1. The Morgan fingerprint density at radius 1 is 1.22 bits per heavy atom. The Balaban J connectivity index is 1.72. The van der Waals surface area contributed by atoms with E-state index in [0.29, 0.717) is 57.4 Å². The molecule has 2 amide bonds. The molecule has 2 aliphatic rings. The van der Waals surface area contributed by atoms with Crippen molar-refractivity contribution in [2.24, 2.45) is 0 Å². The van der Waals surface area contributed by atoms with Gasteiger partial charge >= 0.3 is 0 Å². The monoisotopic (exact) mass is 377 g/mol. The number of morpholine rings is 1. The number of nitrogens with one attached hydrogen (secondary N) is 1. The number of methoxy groups -OCH3 is 2. The lowest BCUT2D eigenvalue weighted by molar-refractivity contribution is -0.141. The van der Waals surface area contributed by atoms with Crippen LogP contribution in [0.2, 0.25) is 0 Å². The van der Waals surface area contributed by atoms with E-state index in [1.54, 1.807) is 19.1 Å². The zero-order chi connectivity index (χ0) is 19.2. The second kappa shape index (κ2) is 9.05. The number of carbonyl (C=O) groups is 2. The Hall–Kier alpha value is -2.32. The summed E-state index contributed by atoms with van der Waals surface area (Å²) in [5.74, 6) is 1.31. The van der Waals surface area contributed by atoms with Crippen LogP contribution < -0.4 is 14.8 Å². The first-order chi connectivity index (χ1) is 13.1. The topological polar surface area (TPSA) is 80.3 Å². The van der Waals surface area contributed by atoms with Gasteiger partial charge in [0.05, 0.1) is 39.9 Å².